The van der Waals surface area contributed by atoms with Gasteiger partial charge in [0.2, 0.25) is 0 Å². The monoisotopic (exact) mass is 295 g/mol. The summed E-state index contributed by atoms with van der Waals surface area (Å²) in [4.78, 5) is 11.0. The Morgan fingerprint density at radius 3 is 2.10 bits per heavy atom. The Morgan fingerprint density at radius 1 is 1.25 bits per heavy atom. The molecule has 0 bridgehead atoms. The molecular weight excluding hydrogens is 281 g/mol. The topological polar surface area (TPSA) is 29.1 Å². The molecule has 1 aromatic carbocycles. The zero-order chi connectivity index (χ0) is 15.5. The van der Waals surface area contributed by atoms with Crippen molar-refractivity contribution in [3.63, 3.8) is 0 Å². The largest absolute Gasteiger partial charge is 0.391 e. The van der Waals surface area contributed by atoms with Gasteiger partial charge in [-0.25, -0.2) is 8.78 Å². The first kappa shape index (κ1) is 16.4. The molecule has 1 unspecified atom stereocenters. The quantitative estimate of drug-likeness (QED) is 0.648. The summed E-state index contributed by atoms with van der Waals surface area (Å²) in [6.45, 7) is 2.53. The molecule has 0 amide bonds. The van der Waals surface area contributed by atoms with Crippen molar-refractivity contribution in [2.75, 3.05) is 5.32 Å². The van der Waals surface area contributed by atoms with E-state index in [1.807, 2.05) is 0 Å². The second kappa shape index (κ2) is 6.19. The smallest absolute Gasteiger partial charge is 0.382 e. The van der Waals surface area contributed by atoms with Crippen LogP contribution >= 0.6 is 0 Å². The van der Waals surface area contributed by atoms with Gasteiger partial charge in [0, 0.05) is 11.7 Å². The van der Waals surface area contributed by atoms with Gasteiger partial charge in [-0.05, 0) is 25.5 Å². The zero-order valence-electron chi connectivity index (χ0n) is 10.9. The Hall–Kier alpha value is -1.66. The fourth-order valence-corrected chi connectivity index (χ4v) is 1.81. The Morgan fingerprint density at radius 2 is 1.75 bits per heavy atom. The minimum Gasteiger partial charge on any atom is -0.382 e. The summed E-state index contributed by atoms with van der Waals surface area (Å²) >= 11 is 0. The van der Waals surface area contributed by atoms with E-state index in [9.17, 15) is 26.7 Å². The highest BCUT2D eigenvalue weighted by Gasteiger charge is 2.31. The molecule has 0 aliphatic carbocycles. The molecule has 0 radical (unpaired) electrons. The number of carbonyl (C=O) groups excluding carboxylic acids is 1. The first-order valence-corrected chi connectivity index (χ1v) is 5.97. The fraction of sp³-hybridized carbons (Fsp3) is 0.462. The van der Waals surface area contributed by atoms with E-state index in [2.05, 4.69) is 5.32 Å². The molecule has 0 saturated carbocycles. The second-order valence-corrected chi connectivity index (χ2v) is 4.44. The summed E-state index contributed by atoms with van der Waals surface area (Å²) in [6.07, 6.45) is -5.34. The van der Waals surface area contributed by atoms with E-state index in [1.54, 1.807) is 0 Å². The number of alkyl halides is 3. The van der Waals surface area contributed by atoms with Crippen LogP contribution in [-0.2, 0) is 0 Å². The number of carbonyl (C=O) groups is 1. The predicted molar refractivity (Wildman–Crippen MR) is 64.7 cm³/mol. The van der Waals surface area contributed by atoms with Gasteiger partial charge in [-0.1, -0.05) is 6.92 Å². The normalized spacial score (nSPS) is 13.2. The molecule has 1 N–H and O–H groups in total. The van der Waals surface area contributed by atoms with E-state index >= 15 is 0 Å². The Labute approximate surface area is 113 Å². The maximum absolute atomic E-state index is 13.5. The van der Waals surface area contributed by atoms with E-state index in [0.29, 0.717) is 0 Å². The predicted octanol–water partition coefficient (Wildman–Crippen LogP) is 4.31. The highest BCUT2D eigenvalue weighted by molar-refractivity contribution is 5.95. The maximum atomic E-state index is 13.5. The van der Waals surface area contributed by atoms with Gasteiger partial charge < -0.3 is 5.32 Å². The molecule has 0 aliphatic rings. The molecule has 0 heterocycles. The van der Waals surface area contributed by atoms with Crippen molar-refractivity contribution in [3.8, 4) is 0 Å². The molecule has 0 aromatic heterocycles. The number of nitrogens with one attached hydrogen (secondary N) is 1. The average Bonchev–Trinajstić information content (AvgIpc) is 2.24. The first-order valence-electron chi connectivity index (χ1n) is 5.97. The van der Waals surface area contributed by atoms with Crippen molar-refractivity contribution >= 4 is 11.5 Å². The lowest BCUT2D eigenvalue weighted by Crippen LogP contribution is -2.26. The Bertz CT molecular complexity index is 475. The minimum atomic E-state index is -4.37. The lowest BCUT2D eigenvalue weighted by molar-refractivity contribution is -0.137. The van der Waals surface area contributed by atoms with Crippen molar-refractivity contribution < 1.29 is 26.7 Å². The van der Waals surface area contributed by atoms with Crippen LogP contribution in [-0.4, -0.2) is 18.0 Å². The van der Waals surface area contributed by atoms with Crippen molar-refractivity contribution in [1.29, 1.82) is 0 Å². The number of Topliss-reactive ketones (excluding diaryl/α,β-unsaturated/α-hetero) is 1. The summed E-state index contributed by atoms with van der Waals surface area (Å²) in [6, 6.07) is 0.648. The van der Waals surface area contributed by atoms with Crippen LogP contribution in [0.1, 0.15) is 37.0 Å². The summed E-state index contributed by atoms with van der Waals surface area (Å²) in [7, 11) is 0. The summed E-state index contributed by atoms with van der Waals surface area (Å²) < 4.78 is 63.9. The molecule has 0 spiro atoms. The lowest BCUT2D eigenvalue weighted by atomic mass is 10.1. The van der Waals surface area contributed by atoms with Crippen LogP contribution in [0.5, 0.6) is 0 Å². The zero-order valence-corrected chi connectivity index (χ0v) is 10.9. The van der Waals surface area contributed by atoms with Gasteiger partial charge in [-0.3, -0.25) is 4.79 Å². The Balaban J connectivity index is 2.95. The average molecular weight is 295 g/mol. The van der Waals surface area contributed by atoms with E-state index in [1.165, 1.54) is 6.92 Å². The highest BCUT2D eigenvalue weighted by atomic mass is 19.4. The highest BCUT2D eigenvalue weighted by Crippen LogP contribution is 2.26. The van der Waals surface area contributed by atoms with Crippen LogP contribution in [0.4, 0.5) is 27.6 Å². The van der Waals surface area contributed by atoms with Crippen LogP contribution < -0.4 is 5.32 Å². The van der Waals surface area contributed by atoms with Gasteiger partial charge in [0.05, 0.1) is 12.0 Å². The number of hydrogen-bond donors (Lipinski definition) is 1. The summed E-state index contributed by atoms with van der Waals surface area (Å²) in [5.41, 5.74) is -0.819. The van der Waals surface area contributed by atoms with Gasteiger partial charge in [0.1, 0.15) is 11.6 Å². The number of rotatable bonds is 5. The van der Waals surface area contributed by atoms with Gasteiger partial charge >= 0.3 is 6.18 Å². The third-order valence-electron chi connectivity index (χ3n) is 2.74. The SMILES string of the molecule is CCC(CC(F)(F)F)Nc1cc(F)c(C(C)=O)c(F)c1. The molecular formula is C13H14F5NO. The van der Waals surface area contributed by atoms with Crippen molar-refractivity contribution in [2.45, 2.75) is 38.9 Å². The van der Waals surface area contributed by atoms with Crippen LogP contribution in [0, 0.1) is 11.6 Å². The third-order valence-corrected chi connectivity index (χ3v) is 2.74. The van der Waals surface area contributed by atoms with E-state index in [0.717, 1.165) is 19.1 Å². The number of benzene rings is 1. The lowest BCUT2D eigenvalue weighted by Gasteiger charge is -2.20. The molecule has 0 fully saturated rings. The number of hydrogen-bond acceptors (Lipinski definition) is 2. The van der Waals surface area contributed by atoms with Gasteiger partial charge in [0.25, 0.3) is 0 Å². The molecule has 20 heavy (non-hydrogen) atoms. The van der Waals surface area contributed by atoms with Crippen molar-refractivity contribution in [2.24, 2.45) is 0 Å². The molecule has 1 aromatic rings. The van der Waals surface area contributed by atoms with Crippen LogP contribution in [0.2, 0.25) is 0 Å². The number of halogens is 5. The fourth-order valence-electron chi connectivity index (χ4n) is 1.81. The van der Waals surface area contributed by atoms with Crippen molar-refractivity contribution in [1.82, 2.24) is 0 Å². The summed E-state index contributed by atoms with van der Waals surface area (Å²) in [5.74, 6) is -2.97. The van der Waals surface area contributed by atoms with Crippen LogP contribution in [0.3, 0.4) is 0 Å². The number of anilines is 1. The van der Waals surface area contributed by atoms with Gasteiger partial charge in [-0.15, -0.1) is 0 Å². The van der Waals surface area contributed by atoms with Gasteiger partial charge in [-0.2, -0.15) is 13.2 Å². The molecule has 7 heteroatoms. The van der Waals surface area contributed by atoms with Crippen LogP contribution in [0.25, 0.3) is 0 Å². The van der Waals surface area contributed by atoms with E-state index in [-0.39, 0.29) is 12.1 Å². The minimum absolute atomic E-state index is 0.124. The van der Waals surface area contributed by atoms with E-state index < -0.39 is 41.6 Å². The van der Waals surface area contributed by atoms with Crippen LogP contribution in [0.15, 0.2) is 12.1 Å². The van der Waals surface area contributed by atoms with Crippen molar-refractivity contribution in [3.05, 3.63) is 29.3 Å². The second-order valence-electron chi connectivity index (χ2n) is 4.44. The third kappa shape index (κ3) is 4.47. The Kier molecular flexibility index (Phi) is 5.08. The molecule has 1 atom stereocenters. The van der Waals surface area contributed by atoms with E-state index in [4.69, 9.17) is 0 Å². The molecule has 0 saturated heterocycles. The molecule has 112 valence electrons. The maximum Gasteiger partial charge on any atom is 0.391 e. The standard InChI is InChI=1S/C13H14F5NO/c1-3-8(6-13(16,17)18)19-9-4-10(14)12(7(2)20)11(15)5-9/h4-5,8,19H,3,6H2,1-2H3. The first-order chi connectivity index (χ1) is 9.14. The number of ketones is 1. The summed E-state index contributed by atoms with van der Waals surface area (Å²) in [5, 5.41) is 2.42. The molecule has 2 nitrogen and oxygen atoms in total. The molecule has 0 aliphatic heterocycles. The molecule has 1 rings (SSSR count). The van der Waals surface area contributed by atoms with Gasteiger partial charge in [0.15, 0.2) is 5.78 Å².